The van der Waals surface area contributed by atoms with E-state index < -0.39 is 0 Å². The van der Waals surface area contributed by atoms with Gasteiger partial charge in [0.1, 0.15) is 5.69 Å². The summed E-state index contributed by atoms with van der Waals surface area (Å²) in [7, 11) is 0. The minimum absolute atomic E-state index is 0.0500. The molecule has 2 rings (SSSR count). The van der Waals surface area contributed by atoms with Crippen LogP contribution in [0.25, 0.3) is 0 Å². The smallest absolute Gasteiger partial charge is 0.188 e. The van der Waals surface area contributed by atoms with E-state index in [1.165, 1.54) is 12.4 Å². The Bertz CT molecular complexity index is 580. The molecule has 0 atom stereocenters. The second kappa shape index (κ2) is 6.06. The number of hydrogen-bond donors (Lipinski definition) is 0. The molecule has 0 saturated carbocycles. The van der Waals surface area contributed by atoms with Crippen molar-refractivity contribution in [1.82, 2.24) is 19.7 Å². The Morgan fingerprint density at radius 3 is 2.74 bits per heavy atom. The molecule has 0 radical (unpaired) electrons. The number of carbonyl (C=O) groups is 1. The van der Waals surface area contributed by atoms with Crippen molar-refractivity contribution in [3.8, 4) is 0 Å². The van der Waals surface area contributed by atoms with Crippen LogP contribution in [0.4, 0.5) is 0 Å². The molecule has 0 aliphatic rings. The first-order chi connectivity index (χ1) is 9.17. The van der Waals surface area contributed by atoms with Crippen LogP contribution in [0, 0.1) is 0 Å². The van der Waals surface area contributed by atoms with Gasteiger partial charge in [-0.15, -0.1) is 0 Å². The fraction of sp³-hybridized carbons (Fsp3) is 0.385. The zero-order valence-corrected chi connectivity index (χ0v) is 12.5. The lowest BCUT2D eigenvalue weighted by atomic mass is 10.1. The maximum absolute atomic E-state index is 12.2. The lowest BCUT2D eigenvalue weighted by Crippen LogP contribution is -2.11. The predicted molar refractivity (Wildman–Crippen MR) is 75.0 cm³/mol. The van der Waals surface area contributed by atoms with E-state index in [1.54, 1.807) is 6.20 Å². The van der Waals surface area contributed by atoms with Crippen LogP contribution in [0.3, 0.4) is 0 Å². The summed E-state index contributed by atoms with van der Waals surface area (Å²) in [6.45, 7) is 4.79. The zero-order chi connectivity index (χ0) is 13.8. The predicted octanol–water partition coefficient (Wildman–Crippen LogP) is 2.44. The van der Waals surface area contributed by atoms with Crippen LogP contribution in [0.2, 0.25) is 0 Å². The van der Waals surface area contributed by atoms with E-state index in [1.807, 2.05) is 18.5 Å². The molecule has 5 nitrogen and oxygen atoms in total. The third-order valence-electron chi connectivity index (χ3n) is 2.87. The molecule has 0 spiro atoms. The topological polar surface area (TPSA) is 60.7 Å². The van der Waals surface area contributed by atoms with E-state index in [0.717, 1.165) is 28.8 Å². The van der Waals surface area contributed by atoms with Crippen LogP contribution in [-0.4, -0.2) is 25.5 Å². The highest BCUT2D eigenvalue weighted by atomic mass is 79.9. The number of hydrogen-bond acceptors (Lipinski definition) is 4. The average Bonchev–Trinajstić information content (AvgIpc) is 2.76. The lowest BCUT2D eigenvalue weighted by Gasteiger charge is -2.04. The molecule has 0 aliphatic carbocycles. The number of carbonyl (C=O) groups excluding carboxylic acids is 1. The van der Waals surface area contributed by atoms with Gasteiger partial charge in [0.25, 0.3) is 0 Å². The second-order valence-electron chi connectivity index (χ2n) is 4.07. The Morgan fingerprint density at radius 2 is 2.16 bits per heavy atom. The maximum Gasteiger partial charge on any atom is 0.188 e. The Labute approximate surface area is 120 Å². The number of ketones is 1. The van der Waals surface area contributed by atoms with Gasteiger partial charge < -0.3 is 0 Å². The van der Waals surface area contributed by atoms with Crippen LogP contribution in [-0.2, 0) is 19.4 Å². The Balaban J connectivity index is 2.28. The third-order valence-corrected chi connectivity index (χ3v) is 3.79. The average molecular weight is 323 g/mol. The molecule has 0 amide bonds. The summed E-state index contributed by atoms with van der Waals surface area (Å²) in [5.41, 5.74) is 2.26. The number of aryl methyl sites for hydroxylation is 2. The molecule has 19 heavy (non-hydrogen) atoms. The highest BCUT2D eigenvalue weighted by Gasteiger charge is 2.18. The molecule has 0 unspecified atom stereocenters. The van der Waals surface area contributed by atoms with E-state index in [0.29, 0.717) is 5.69 Å². The van der Waals surface area contributed by atoms with Crippen molar-refractivity contribution in [2.24, 2.45) is 0 Å². The van der Waals surface area contributed by atoms with E-state index in [2.05, 4.69) is 31.0 Å². The van der Waals surface area contributed by atoms with Gasteiger partial charge >= 0.3 is 0 Å². The third kappa shape index (κ3) is 2.89. The number of halogens is 1. The van der Waals surface area contributed by atoms with Crippen molar-refractivity contribution in [2.45, 2.75) is 33.2 Å². The van der Waals surface area contributed by atoms with Gasteiger partial charge in [0, 0.05) is 18.9 Å². The van der Waals surface area contributed by atoms with Crippen molar-refractivity contribution in [1.29, 1.82) is 0 Å². The van der Waals surface area contributed by atoms with E-state index in [9.17, 15) is 4.79 Å². The molecule has 0 aliphatic heterocycles. The van der Waals surface area contributed by atoms with Crippen molar-refractivity contribution in [3.63, 3.8) is 0 Å². The fourth-order valence-electron chi connectivity index (χ4n) is 1.87. The summed E-state index contributed by atoms with van der Waals surface area (Å²) in [6, 6.07) is 0. The highest BCUT2D eigenvalue weighted by molar-refractivity contribution is 9.10. The van der Waals surface area contributed by atoms with Gasteiger partial charge in [0.2, 0.25) is 0 Å². The summed E-state index contributed by atoms with van der Waals surface area (Å²) in [5.74, 6) is -0.0500. The van der Waals surface area contributed by atoms with Gasteiger partial charge in [-0.05, 0) is 29.3 Å². The SMILES string of the molecule is CCc1nn(CC)c(CC(=O)c2cnccn2)c1Br. The van der Waals surface area contributed by atoms with Gasteiger partial charge in [-0.25, -0.2) is 4.98 Å². The maximum atomic E-state index is 12.2. The largest absolute Gasteiger partial charge is 0.292 e. The van der Waals surface area contributed by atoms with Crippen molar-refractivity contribution in [3.05, 3.63) is 40.1 Å². The van der Waals surface area contributed by atoms with Gasteiger partial charge in [0.15, 0.2) is 5.78 Å². The molecule has 2 heterocycles. The van der Waals surface area contributed by atoms with Crippen molar-refractivity contribution < 1.29 is 4.79 Å². The quantitative estimate of drug-likeness (QED) is 0.793. The summed E-state index contributed by atoms with van der Waals surface area (Å²) >= 11 is 3.53. The molecule has 0 aromatic carbocycles. The van der Waals surface area contributed by atoms with Gasteiger partial charge in [-0.3, -0.25) is 14.5 Å². The first-order valence-electron chi connectivity index (χ1n) is 6.20. The Hall–Kier alpha value is -1.56. The second-order valence-corrected chi connectivity index (χ2v) is 4.86. The summed E-state index contributed by atoms with van der Waals surface area (Å²) in [4.78, 5) is 20.1. The number of aromatic nitrogens is 4. The van der Waals surface area contributed by atoms with Gasteiger partial charge in [-0.1, -0.05) is 6.92 Å². The minimum atomic E-state index is -0.0500. The molecule has 2 aromatic rings. The standard InChI is InChI=1S/C13H15BrN4O/c1-3-9-13(14)11(18(4-2)17-9)7-12(19)10-8-15-5-6-16-10/h5-6,8H,3-4,7H2,1-2H3. The van der Waals surface area contributed by atoms with E-state index >= 15 is 0 Å². The molecule has 0 saturated heterocycles. The summed E-state index contributed by atoms with van der Waals surface area (Å²) in [5, 5.41) is 4.47. The van der Waals surface area contributed by atoms with Crippen molar-refractivity contribution >= 4 is 21.7 Å². The van der Waals surface area contributed by atoms with Crippen LogP contribution in [0.1, 0.15) is 35.7 Å². The van der Waals surface area contributed by atoms with Crippen LogP contribution in [0.15, 0.2) is 23.1 Å². The van der Waals surface area contributed by atoms with Crippen molar-refractivity contribution in [2.75, 3.05) is 0 Å². The lowest BCUT2D eigenvalue weighted by molar-refractivity contribution is 0.0985. The number of rotatable bonds is 5. The number of nitrogens with zero attached hydrogens (tertiary/aromatic N) is 4. The normalized spacial score (nSPS) is 10.7. The minimum Gasteiger partial charge on any atom is -0.292 e. The highest BCUT2D eigenvalue weighted by Crippen LogP contribution is 2.23. The molecule has 0 bridgehead atoms. The van der Waals surface area contributed by atoms with Gasteiger partial charge in [0.05, 0.1) is 28.5 Å². The zero-order valence-electron chi connectivity index (χ0n) is 10.9. The molecular weight excluding hydrogens is 308 g/mol. The molecule has 0 N–H and O–H groups in total. The van der Waals surface area contributed by atoms with E-state index in [-0.39, 0.29) is 12.2 Å². The number of Topliss-reactive ketones (excluding diaryl/α,β-unsaturated/α-hetero) is 1. The monoisotopic (exact) mass is 322 g/mol. The first kappa shape index (κ1) is 13.9. The Kier molecular flexibility index (Phi) is 4.42. The molecule has 6 heteroatoms. The van der Waals surface area contributed by atoms with Gasteiger partial charge in [-0.2, -0.15) is 5.10 Å². The first-order valence-corrected chi connectivity index (χ1v) is 6.99. The van der Waals surface area contributed by atoms with Crippen LogP contribution < -0.4 is 0 Å². The fourth-order valence-corrected chi connectivity index (χ4v) is 2.58. The molecule has 2 aromatic heterocycles. The Morgan fingerprint density at radius 1 is 1.37 bits per heavy atom. The molecule has 100 valence electrons. The molecular formula is C13H15BrN4O. The van der Waals surface area contributed by atoms with Crippen LogP contribution >= 0.6 is 15.9 Å². The summed E-state index contributed by atoms with van der Waals surface area (Å²) in [6.07, 6.45) is 5.68. The summed E-state index contributed by atoms with van der Waals surface area (Å²) < 4.78 is 2.78. The van der Waals surface area contributed by atoms with E-state index in [4.69, 9.17) is 0 Å². The molecule has 0 fully saturated rings. The van der Waals surface area contributed by atoms with Crippen LogP contribution in [0.5, 0.6) is 0 Å².